The van der Waals surface area contributed by atoms with E-state index in [9.17, 15) is 0 Å². The summed E-state index contributed by atoms with van der Waals surface area (Å²) in [6.45, 7) is 10.6. The Labute approximate surface area is 74.0 Å². The maximum absolute atomic E-state index is 4.86. The molecular weight excluding hydrogens is 150 g/mol. The van der Waals surface area contributed by atoms with Gasteiger partial charge in [0.2, 0.25) is 6.26 Å². The highest BCUT2D eigenvalue weighted by Crippen LogP contribution is 2.28. The molecule has 1 radical (unpaired) electrons. The lowest BCUT2D eigenvalue weighted by Crippen LogP contribution is -2.13. The van der Waals surface area contributed by atoms with E-state index in [1.165, 1.54) is 0 Å². The molecule has 0 saturated carbocycles. The zero-order chi connectivity index (χ0) is 9.35. The van der Waals surface area contributed by atoms with Crippen molar-refractivity contribution < 1.29 is 4.52 Å². The van der Waals surface area contributed by atoms with Crippen molar-refractivity contribution in [3.05, 3.63) is 17.5 Å². The third kappa shape index (κ3) is 1.68. The molecule has 0 bridgehead atoms. The summed E-state index contributed by atoms with van der Waals surface area (Å²) in [5.74, 6) is 0.411. The van der Waals surface area contributed by atoms with Crippen LogP contribution >= 0.6 is 0 Å². The van der Waals surface area contributed by atoms with Gasteiger partial charge in [-0.05, 0) is 11.3 Å². The Morgan fingerprint density at radius 2 is 1.92 bits per heavy atom. The van der Waals surface area contributed by atoms with Gasteiger partial charge in [0.25, 0.3) is 0 Å². The van der Waals surface area contributed by atoms with E-state index < -0.39 is 0 Å². The summed E-state index contributed by atoms with van der Waals surface area (Å²) >= 11 is 0. The van der Waals surface area contributed by atoms with E-state index in [1.54, 1.807) is 0 Å². The van der Waals surface area contributed by atoms with Gasteiger partial charge in [-0.15, -0.1) is 0 Å². The number of hydrogen-bond acceptors (Lipinski definition) is 2. The minimum atomic E-state index is 0.0829. The monoisotopic (exact) mass is 166 g/mol. The topological polar surface area (TPSA) is 26.0 Å². The summed E-state index contributed by atoms with van der Waals surface area (Å²) in [7, 11) is 0. The number of rotatable bonds is 1. The van der Waals surface area contributed by atoms with Crippen LogP contribution < -0.4 is 0 Å². The average Bonchev–Trinajstić information content (AvgIpc) is 2.30. The van der Waals surface area contributed by atoms with E-state index >= 15 is 0 Å². The van der Waals surface area contributed by atoms with Crippen molar-refractivity contribution in [3.63, 3.8) is 0 Å². The zero-order valence-electron chi connectivity index (χ0n) is 8.43. The average molecular weight is 166 g/mol. The summed E-state index contributed by atoms with van der Waals surface area (Å²) < 4.78 is 4.86. The predicted octanol–water partition coefficient (Wildman–Crippen LogP) is 2.90. The van der Waals surface area contributed by atoms with Gasteiger partial charge in [0.15, 0.2) is 0 Å². The lowest BCUT2D eigenvalue weighted by molar-refractivity contribution is 0.400. The second kappa shape index (κ2) is 2.92. The smallest absolute Gasteiger partial charge is 0.209 e. The number of hydrogen-bond donors (Lipinski definition) is 0. The predicted molar refractivity (Wildman–Crippen MR) is 48.1 cm³/mol. The van der Waals surface area contributed by atoms with Crippen molar-refractivity contribution in [1.82, 2.24) is 5.16 Å². The lowest BCUT2D eigenvalue weighted by atomic mass is 9.85. The van der Waals surface area contributed by atoms with Crippen LogP contribution in [0.15, 0.2) is 4.52 Å². The highest BCUT2D eigenvalue weighted by molar-refractivity contribution is 5.24. The standard InChI is InChI=1S/C10H16NO/c1-7(2)9-8(6-12-11-9)10(3,4)5/h7H,1-5H3. The van der Waals surface area contributed by atoms with E-state index in [0.29, 0.717) is 5.92 Å². The van der Waals surface area contributed by atoms with E-state index in [-0.39, 0.29) is 5.41 Å². The van der Waals surface area contributed by atoms with E-state index in [4.69, 9.17) is 4.52 Å². The van der Waals surface area contributed by atoms with Gasteiger partial charge in [0.1, 0.15) is 0 Å². The van der Waals surface area contributed by atoms with Crippen LogP contribution in [-0.4, -0.2) is 5.16 Å². The Morgan fingerprint density at radius 1 is 1.33 bits per heavy atom. The summed E-state index contributed by atoms with van der Waals surface area (Å²) in [5.41, 5.74) is 2.21. The summed E-state index contributed by atoms with van der Waals surface area (Å²) in [6, 6.07) is 0. The van der Waals surface area contributed by atoms with Gasteiger partial charge in [-0.2, -0.15) is 0 Å². The molecule has 1 aromatic heterocycles. The molecule has 2 heteroatoms. The minimum Gasteiger partial charge on any atom is -0.352 e. The number of nitrogens with zero attached hydrogens (tertiary/aromatic N) is 1. The maximum atomic E-state index is 4.86. The first kappa shape index (κ1) is 9.30. The SMILES string of the molecule is CC(C)c1no[c]c1C(C)(C)C. The molecule has 0 aliphatic carbocycles. The van der Waals surface area contributed by atoms with Gasteiger partial charge in [0.05, 0.1) is 5.69 Å². The Hall–Kier alpha value is -0.790. The second-order valence-corrected chi connectivity index (χ2v) is 4.45. The van der Waals surface area contributed by atoms with Crippen LogP contribution in [0.5, 0.6) is 0 Å². The fourth-order valence-electron chi connectivity index (χ4n) is 1.15. The van der Waals surface area contributed by atoms with Gasteiger partial charge in [0, 0.05) is 5.56 Å². The van der Waals surface area contributed by atoms with Gasteiger partial charge < -0.3 is 4.52 Å². The van der Waals surface area contributed by atoms with Gasteiger partial charge in [-0.1, -0.05) is 39.8 Å². The Balaban J connectivity index is 3.08. The van der Waals surface area contributed by atoms with Crippen LogP contribution in [-0.2, 0) is 5.41 Å². The van der Waals surface area contributed by atoms with Crippen molar-refractivity contribution >= 4 is 0 Å². The molecule has 0 spiro atoms. The molecule has 0 fully saturated rings. The van der Waals surface area contributed by atoms with Crippen LogP contribution in [0.1, 0.15) is 51.8 Å². The molecule has 0 N–H and O–H groups in total. The normalized spacial score (nSPS) is 12.5. The molecule has 1 heterocycles. The highest BCUT2D eigenvalue weighted by Gasteiger charge is 2.23. The third-order valence-corrected chi connectivity index (χ3v) is 1.84. The Kier molecular flexibility index (Phi) is 2.27. The summed E-state index contributed by atoms with van der Waals surface area (Å²) in [4.78, 5) is 0. The van der Waals surface area contributed by atoms with Crippen molar-refractivity contribution in [2.45, 2.75) is 46.0 Å². The fourth-order valence-corrected chi connectivity index (χ4v) is 1.15. The van der Waals surface area contributed by atoms with Crippen LogP contribution in [0.4, 0.5) is 0 Å². The molecule has 0 unspecified atom stereocenters. The number of aromatic nitrogens is 1. The largest absolute Gasteiger partial charge is 0.352 e. The summed E-state index contributed by atoms with van der Waals surface area (Å²) in [5, 5.41) is 3.95. The quantitative estimate of drug-likeness (QED) is 0.641. The molecule has 0 aliphatic rings. The van der Waals surface area contributed by atoms with Crippen molar-refractivity contribution in [3.8, 4) is 0 Å². The van der Waals surface area contributed by atoms with Crippen molar-refractivity contribution in [2.75, 3.05) is 0 Å². The van der Waals surface area contributed by atoms with Gasteiger partial charge >= 0.3 is 0 Å². The van der Waals surface area contributed by atoms with Crippen molar-refractivity contribution in [2.24, 2.45) is 0 Å². The molecule has 0 saturated heterocycles. The van der Waals surface area contributed by atoms with E-state index in [1.807, 2.05) is 0 Å². The first-order valence-corrected chi connectivity index (χ1v) is 4.30. The molecule has 0 amide bonds. The molecule has 1 rings (SSSR count). The molecule has 0 aliphatic heterocycles. The first-order valence-electron chi connectivity index (χ1n) is 4.30. The Morgan fingerprint density at radius 3 is 2.25 bits per heavy atom. The highest BCUT2D eigenvalue weighted by atomic mass is 16.5. The van der Waals surface area contributed by atoms with Crippen molar-refractivity contribution in [1.29, 1.82) is 0 Å². The molecule has 12 heavy (non-hydrogen) atoms. The van der Waals surface area contributed by atoms with Crippen LogP contribution in [0, 0.1) is 6.26 Å². The molecule has 67 valence electrons. The Bertz CT molecular complexity index is 255. The van der Waals surface area contributed by atoms with Gasteiger partial charge in [-0.25, -0.2) is 0 Å². The fraction of sp³-hybridized carbons (Fsp3) is 0.700. The van der Waals surface area contributed by atoms with Crippen LogP contribution in [0.3, 0.4) is 0 Å². The minimum absolute atomic E-state index is 0.0829. The molecular formula is C10H16NO. The second-order valence-electron chi connectivity index (χ2n) is 4.45. The molecule has 0 aromatic carbocycles. The molecule has 0 atom stereocenters. The van der Waals surface area contributed by atoms with E-state index in [2.05, 4.69) is 46.0 Å². The maximum Gasteiger partial charge on any atom is 0.209 e. The van der Waals surface area contributed by atoms with Crippen LogP contribution in [0.2, 0.25) is 0 Å². The lowest BCUT2D eigenvalue weighted by Gasteiger charge is -2.17. The molecule has 2 nitrogen and oxygen atoms in total. The van der Waals surface area contributed by atoms with Crippen LogP contribution in [0.25, 0.3) is 0 Å². The first-order chi connectivity index (χ1) is 5.43. The third-order valence-electron chi connectivity index (χ3n) is 1.84. The van der Waals surface area contributed by atoms with Gasteiger partial charge in [-0.3, -0.25) is 0 Å². The van der Waals surface area contributed by atoms with E-state index in [0.717, 1.165) is 11.3 Å². The summed E-state index contributed by atoms with van der Waals surface area (Å²) in [6.07, 6.45) is 2.84. The molecule has 1 aromatic rings. The zero-order valence-corrected chi connectivity index (χ0v) is 8.43.